The lowest BCUT2D eigenvalue weighted by Crippen LogP contribution is -2.06. The quantitative estimate of drug-likeness (QED) is 0.841. The van der Waals surface area contributed by atoms with Crippen molar-refractivity contribution in [3.63, 3.8) is 0 Å². The molecule has 0 bridgehead atoms. The zero-order chi connectivity index (χ0) is 11.5. The molecule has 0 unspecified atom stereocenters. The minimum absolute atomic E-state index is 0.156. The highest BCUT2D eigenvalue weighted by Gasteiger charge is 2.03. The van der Waals surface area contributed by atoms with Crippen LogP contribution in [0.1, 0.15) is 6.92 Å². The molecule has 0 spiro atoms. The number of amides is 1. The van der Waals surface area contributed by atoms with Crippen molar-refractivity contribution in [2.24, 2.45) is 0 Å². The standard InChI is InChI=1S/C11H10ClN3O/c1-7(16)14-11-13-6-10(15-11)8-2-4-9(12)5-3-8/h2-6H,1H3,(H2,13,14,15,16). The Morgan fingerprint density at radius 1 is 1.38 bits per heavy atom. The summed E-state index contributed by atoms with van der Waals surface area (Å²) in [6.07, 6.45) is 1.66. The number of rotatable bonds is 2. The smallest absolute Gasteiger partial charge is 0.223 e. The molecule has 4 nitrogen and oxygen atoms in total. The van der Waals surface area contributed by atoms with Crippen LogP contribution in [0.3, 0.4) is 0 Å². The van der Waals surface area contributed by atoms with Gasteiger partial charge in [-0.05, 0) is 17.7 Å². The SMILES string of the molecule is CC(=O)Nc1ncc(-c2ccc(Cl)cc2)[nH]1. The molecule has 0 atom stereocenters. The van der Waals surface area contributed by atoms with Crippen molar-refractivity contribution in [1.82, 2.24) is 9.97 Å². The summed E-state index contributed by atoms with van der Waals surface area (Å²) >= 11 is 5.79. The molecule has 2 rings (SSSR count). The summed E-state index contributed by atoms with van der Waals surface area (Å²) in [7, 11) is 0. The van der Waals surface area contributed by atoms with E-state index in [0.717, 1.165) is 11.3 Å². The monoisotopic (exact) mass is 235 g/mol. The van der Waals surface area contributed by atoms with Gasteiger partial charge in [0, 0.05) is 11.9 Å². The van der Waals surface area contributed by atoms with Crippen molar-refractivity contribution in [2.45, 2.75) is 6.92 Å². The van der Waals surface area contributed by atoms with E-state index >= 15 is 0 Å². The van der Waals surface area contributed by atoms with E-state index in [9.17, 15) is 4.79 Å². The van der Waals surface area contributed by atoms with E-state index in [-0.39, 0.29) is 5.91 Å². The van der Waals surface area contributed by atoms with Crippen molar-refractivity contribution in [3.05, 3.63) is 35.5 Å². The molecular weight excluding hydrogens is 226 g/mol. The van der Waals surface area contributed by atoms with Crippen LogP contribution in [-0.4, -0.2) is 15.9 Å². The molecule has 0 aliphatic rings. The van der Waals surface area contributed by atoms with Crippen LogP contribution < -0.4 is 5.32 Å². The van der Waals surface area contributed by atoms with Crippen LogP contribution in [0.5, 0.6) is 0 Å². The van der Waals surface area contributed by atoms with Gasteiger partial charge in [0.05, 0.1) is 11.9 Å². The molecule has 2 N–H and O–H groups in total. The molecule has 1 aromatic heterocycles. The predicted molar refractivity (Wildman–Crippen MR) is 63.3 cm³/mol. The molecule has 0 radical (unpaired) electrons. The molecule has 0 saturated carbocycles. The third-order valence-corrected chi connectivity index (χ3v) is 2.28. The third-order valence-electron chi connectivity index (χ3n) is 2.03. The van der Waals surface area contributed by atoms with Gasteiger partial charge in [-0.1, -0.05) is 23.7 Å². The van der Waals surface area contributed by atoms with Crippen LogP contribution in [0.4, 0.5) is 5.95 Å². The Bertz CT molecular complexity index is 504. The Hall–Kier alpha value is -1.81. The molecule has 0 aliphatic carbocycles. The maximum absolute atomic E-state index is 10.8. The predicted octanol–water partition coefficient (Wildman–Crippen LogP) is 2.69. The fourth-order valence-corrected chi connectivity index (χ4v) is 1.45. The first-order valence-electron chi connectivity index (χ1n) is 4.73. The topological polar surface area (TPSA) is 57.8 Å². The number of hydrogen-bond acceptors (Lipinski definition) is 2. The Morgan fingerprint density at radius 2 is 2.06 bits per heavy atom. The number of aromatic nitrogens is 2. The van der Waals surface area contributed by atoms with E-state index in [1.165, 1.54) is 6.92 Å². The van der Waals surface area contributed by atoms with Crippen molar-refractivity contribution in [2.75, 3.05) is 5.32 Å². The largest absolute Gasteiger partial charge is 0.324 e. The lowest BCUT2D eigenvalue weighted by molar-refractivity contribution is -0.114. The number of benzene rings is 1. The summed E-state index contributed by atoms with van der Waals surface area (Å²) in [4.78, 5) is 17.8. The molecule has 2 aromatic rings. The molecular formula is C11H10ClN3O. The van der Waals surface area contributed by atoms with Gasteiger partial charge in [0.1, 0.15) is 0 Å². The molecule has 1 amide bonds. The van der Waals surface area contributed by atoms with E-state index in [2.05, 4.69) is 15.3 Å². The summed E-state index contributed by atoms with van der Waals surface area (Å²) in [6.45, 7) is 1.44. The molecule has 16 heavy (non-hydrogen) atoms. The van der Waals surface area contributed by atoms with Gasteiger partial charge in [0.2, 0.25) is 11.9 Å². The first-order chi connectivity index (χ1) is 7.65. The highest BCUT2D eigenvalue weighted by molar-refractivity contribution is 6.30. The molecule has 0 saturated heterocycles. The van der Waals surface area contributed by atoms with Gasteiger partial charge in [-0.15, -0.1) is 0 Å². The minimum Gasteiger partial charge on any atom is -0.324 e. The maximum atomic E-state index is 10.8. The average Bonchev–Trinajstić information content (AvgIpc) is 2.66. The third kappa shape index (κ3) is 2.41. The summed E-state index contributed by atoms with van der Waals surface area (Å²) in [5.74, 6) is 0.287. The highest BCUT2D eigenvalue weighted by Crippen LogP contribution is 2.20. The average molecular weight is 236 g/mol. The second-order valence-corrected chi connectivity index (χ2v) is 3.77. The van der Waals surface area contributed by atoms with Crippen molar-refractivity contribution in [1.29, 1.82) is 0 Å². The van der Waals surface area contributed by atoms with Crippen LogP contribution in [-0.2, 0) is 4.79 Å². The number of halogens is 1. The second-order valence-electron chi connectivity index (χ2n) is 3.33. The summed E-state index contributed by atoms with van der Waals surface area (Å²) < 4.78 is 0. The molecule has 1 heterocycles. The number of aromatic amines is 1. The lowest BCUT2D eigenvalue weighted by Gasteiger charge is -1.97. The number of imidazole rings is 1. The Morgan fingerprint density at radius 3 is 2.69 bits per heavy atom. The molecule has 0 aliphatic heterocycles. The molecule has 1 aromatic carbocycles. The van der Waals surface area contributed by atoms with Gasteiger partial charge in [-0.3, -0.25) is 10.1 Å². The zero-order valence-electron chi connectivity index (χ0n) is 8.62. The van der Waals surface area contributed by atoms with E-state index in [0.29, 0.717) is 11.0 Å². The molecule has 82 valence electrons. The number of carbonyl (C=O) groups is 1. The fourth-order valence-electron chi connectivity index (χ4n) is 1.33. The van der Waals surface area contributed by atoms with E-state index in [1.54, 1.807) is 18.3 Å². The minimum atomic E-state index is -0.156. The van der Waals surface area contributed by atoms with Crippen LogP contribution in [0.15, 0.2) is 30.5 Å². The highest BCUT2D eigenvalue weighted by atomic mass is 35.5. The van der Waals surface area contributed by atoms with E-state index in [4.69, 9.17) is 11.6 Å². The van der Waals surface area contributed by atoms with E-state index < -0.39 is 0 Å². The first kappa shape index (κ1) is 10.7. The van der Waals surface area contributed by atoms with Gasteiger partial charge < -0.3 is 4.98 Å². The van der Waals surface area contributed by atoms with Crippen molar-refractivity contribution < 1.29 is 4.79 Å². The van der Waals surface area contributed by atoms with Gasteiger partial charge in [-0.2, -0.15) is 0 Å². The Labute approximate surface area is 97.7 Å². The molecule has 5 heteroatoms. The van der Waals surface area contributed by atoms with Crippen LogP contribution in [0.2, 0.25) is 5.02 Å². The number of nitrogens with one attached hydrogen (secondary N) is 2. The van der Waals surface area contributed by atoms with Gasteiger partial charge in [-0.25, -0.2) is 4.98 Å². The lowest BCUT2D eigenvalue weighted by atomic mass is 10.2. The normalized spacial score (nSPS) is 10.1. The molecule has 0 fully saturated rings. The number of nitrogens with zero attached hydrogens (tertiary/aromatic N) is 1. The Kier molecular flexibility index (Phi) is 2.92. The van der Waals surface area contributed by atoms with Gasteiger partial charge in [0.25, 0.3) is 0 Å². The maximum Gasteiger partial charge on any atom is 0.223 e. The summed E-state index contributed by atoms with van der Waals surface area (Å²) in [5, 5.41) is 3.26. The van der Waals surface area contributed by atoms with Crippen LogP contribution in [0.25, 0.3) is 11.3 Å². The Balaban J connectivity index is 2.24. The van der Waals surface area contributed by atoms with Gasteiger partial charge in [0.15, 0.2) is 0 Å². The number of hydrogen-bond donors (Lipinski definition) is 2. The zero-order valence-corrected chi connectivity index (χ0v) is 9.38. The van der Waals surface area contributed by atoms with Crippen molar-refractivity contribution in [3.8, 4) is 11.3 Å². The van der Waals surface area contributed by atoms with Crippen molar-refractivity contribution >= 4 is 23.5 Å². The van der Waals surface area contributed by atoms with Crippen LogP contribution >= 0.6 is 11.6 Å². The number of anilines is 1. The number of carbonyl (C=O) groups excluding carboxylic acids is 1. The fraction of sp³-hybridized carbons (Fsp3) is 0.0909. The van der Waals surface area contributed by atoms with E-state index in [1.807, 2.05) is 12.1 Å². The van der Waals surface area contributed by atoms with Gasteiger partial charge >= 0.3 is 0 Å². The summed E-state index contributed by atoms with van der Waals surface area (Å²) in [6, 6.07) is 7.37. The number of H-pyrrole nitrogens is 1. The van der Waals surface area contributed by atoms with Crippen LogP contribution in [0, 0.1) is 0 Å². The second kappa shape index (κ2) is 4.37. The summed E-state index contributed by atoms with van der Waals surface area (Å²) in [5.41, 5.74) is 1.80. The first-order valence-corrected chi connectivity index (χ1v) is 5.11.